The van der Waals surface area contributed by atoms with E-state index in [0.717, 1.165) is 12.1 Å². The van der Waals surface area contributed by atoms with Crippen LogP contribution in [-0.2, 0) is 18.8 Å². The number of alkyl halides is 6. The third kappa shape index (κ3) is 5.57. The summed E-state index contributed by atoms with van der Waals surface area (Å²) in [5.41, 5.74) is 3.11. The molecule has 0 amide bonds. The predicted molar refractivity (Wildman–Crippen MR) is 67.6 cm³/mol. The van der Waals surface area contributed by atoms with Crippen LogP contribution in [0.25, 0.3) is 0 Å². The van der Waals surface area contributed by atoms with Crippen LogP contribution in [0.2, 0.25) is 0 Å². The fourth-order valence-electron chi connectivity index (χ4n) is 2.13. The van der Waals surface area contributed by atoms with Gasteiger partial charge in [-0.1, -0.05) is 13.8 Å². The Balaban J connectivity index is 3.14. The van der Waals surface area contributed by atoms with Gasteiger partial charge in [0, 0.05) is 6.04 Å². The lowest BCUT2D eigenvalue weighted by Gasteiger charge is -2.17. The number of rotatable bonds is 4. The van der Waals surface area contributed by atoms with E-state index in [2.05, 4.69) is 0 Å². The summed E-state index contributed by atoms with van der Waals surface area (Å²) < 4.78 is 76.1. The van der Waals surface area contributed by atoms with Gasteiger partial charge in [-0.05, 0) is 42.5 Å². The third-order valence-corrected chi connectivity index (χ3v) is 2.92. The van der Waals surface area contributed by atoms with Gasteiger partial charge in [-0.2, -0.15) is 26.3 Å². The second-order valence-corrected chi connectivity index (χ2v) is 5.51. The van der Waals surface area contributed by atoms with Gasteiger partial charge in [0.2, 0.25) is 0 Å². The molecule has 0 heterocycles. The fraction of sp³-hybridized carbons (Fsp3) is 0.571. The fourth-order valence-corrected chi connectivity index (χ4v) is 2.13. The Labute approximate surface area is 119 Å². The van der Waals surface area contributed by atoms with Crippen molar-refractivity contribution in [2.75, 3.05) is 0 Å². The summed E-state index contributed by atoms with van der Waals surface area (Å²) in [7, 11) is 0. The molecule has 1 aromatic rings. The van der Waals surface area contributed by atoms with Crippen molar-refractivity contribution in [3.05, 3.63) is 34.9 Å². The average molecular weight is 313 g/mol. The van der Waals surface area contributed by atoms with E-state index < -0.39 is 29.5 Å². The number of hydrogen-bond acceptors (Lipinski definition) is 1. The van der Waals surface area contributed by atoms with Gasteiger partial charge in [0.1, 0.15) is 0 Å². The van der Waals surface area contributed by atoms with E-state index in [0.29, 0.717) is 6.42 Å². The minimum atomic E-state index is -4.82. The quantitative estimate of drug-likeness (QED) is 0.805. The summed E-state index contributed by atoms with van der Waals surface area (Å²) in [4.78, 5) is 0. The highest BCUT2D eigenvalue weighted by atomic mass is 19.4. The van der Waals surface area contributed by atoms with E-state index >= 15 is 0 Å². The van der Waals surface area contributed by atoms with Gasteiger partial charge >= 0.3 is 12.4 Å². The molecule has 7 heteroatoms. The first kappa shape index (κ1) is 17.8. The van der Waals surface area contributed by atoms with Crippen LogP contribution in [0.1, 0.15) is 37.0 Å². The van der Waals surface area contributed by atoms with Crippen LogP contribution in [-0.4, -0.2) is 6.04 Å². The summed E-state index contributed by atoms with van der Waals surface area (Å²) in [6, 6.07) is 1.11. The van der Waals surface area contributed by atoms with E-state index in [1.54, 1.807) is 0 Å². The zero-order valence-corrected chi connectivity index (χ0v) is 11.6. The summed E-state index contributed by atoms with van der Waals surface area (Å²) in [5.74, 6) is 0.216. The maximum atomic E-state index is 12.7. The molecule has 0 radical (unpaired) electrons. The molecule has 0 aliphatic heterocycles. The second-order valence-electron chi connectivity index (χ2n) is 5.51. The molecule has 0 aliphatic carbocycles. The molecule has 1 atom stereocenters. The monoisotopic (exact) mass is 313 g/mol. The van der Waals surface area contributed by atoms with E-state index in [1.807, 2.05) is 13.8 Å². The van der Waals surface area contributed by atoms with Gasteiger partial charge in [0.05, 0.1) is 11.1 Å². The zero-order chi connectivity index (χ0) is 16.4. The van der Waals surface area contributed by atoms with Gasteiger partial charge in [0.15, 0.2) is 0 Å². The molecule has 0 aromatic heterocycles. The molecule has 0 saturated carbocycles. The number of hydrogen-bond donors (Lipinski definition) is 1. The van der Waals surface area contributed by atoms with Gasteiger partial charge in [-0.15, -0.1) is 0 Å². The Morgan fingerprint density at radius 1 is 0.905 bits per heavy atom. The Morgan fingerprint density at radius 3 is 1.67 bits per heavy atom. The van der Waals surface area contributed by atoms with Crippen molar-refractivity contribution >= 4 is 0 Å². The normalized spacial score (nSPS) is 14.6. The lowest BCUT2D eigenvalue weighted by atomic mass is 9.95. The standard InChI is InChI=1S/C14H17F6N/c1-8(2)3-12(21)6-9-4-10(13(15,16)17)7-11(5-9)14(18,19)20/h4-5,7-8,12H,3,6,21H2,1-2H3. The molecule has 0 spiro atoms. The summed E-state index contributed by atoms with van der Waals surface area (Å²) in [6.45, 7) is 3.76. The van der Waals surface area contributed by atoms with Gasteiger partial charge in [-0.25, -0.2) is 0 Å². The van der Waals surface area contributed by atoms with Crippen molar-refractivity contribution < 1.29 is 26.3 Å². The second kappa shape index (κ2) is 6.25. The third-order valence-electron chi connectivity index (χ3n) is 2.92. The molecule has 1 rings (SSSR count). The lowest BCUT2D eigenvalue weighted by Crippen LogP contribution is -2.25. The molecule has 0 aliphatic rings. The summed E-state index contributed by atoms with van der Waals surface area (Å²) in [6.07, 6.45) is -9.14. The molecule has 120 valence electrons. The molecular weight excluding hydrogens is 296 g/mol. The van der Waals surface area contributed by atoms with Crippen molar-refractivity contribution in [3.8, 4) is 0 Å². The van der Waals surface area contributed by atoms with Crippen LogP contribution in [0.15, 0.2) is 18.2 Å². The number of halogens is 6. The highest BCUT2D eigenvalue weighted by molar-refractivity contribution is 5.34. The largest absolute Gasteiger partial charge is 0.416 e. The van der Waals surface area contributed by atoms with E-state index in [4.69, 9.17) is 5.73 Å². The Kier molecular flexibility index (Phi) is 5.30. The van der Waals surface area contributed by atoms with Crippen molar-refractivity contribution in [2.24, 2.45) is 11.7 Å². The van der Waals surface area contributed by atoms with E-state index in [1.165, 1.54) is 0 Å². The first-order chi connectivity index (χ1) is 9.39. The van der Waals surface area contributed by atoms with Crippen LogP contribution in [0.4, 0.5) is 26.3 Å². The van der Waals surface area contributed by atoms with Crippen LogP contribution >= 0.6 is 0 Å². The Morgan fingerprint density at radius 2 is 1.33 bits per heavy atom. The number of nitrogens with two attached hydrogens (primary N) is 1. The molecule has 0 bridgehead atoms. The van der Waals surface area contributed by atoms with Gasteiger partial charge in [0.25, 0.3) is 0 Å². The molecule has 0 saturated heterocycles. The van der Waals surface area contributed by atoms with Crippen molar-refractivity contribution in [1.82, 2.24) is 0 Å². The van der Waals surface area contributed by atoms with Crippen molar-refractivity contribution in [1.29, 1.82) is 0 Å². The maximum absolute atomic E-state index is 12.7. The highest BCUT2D eigenvalue weighted by Crippen LogP contribution is 2.36. The minimum Gasteiger partial charge on any atom is -0.327 e. The van der Waals surface area contributed by atoms with Gasteiger partial charge < -0.3 is 5.73 Å². The maximum Gasteiger partial charge on any atom is 0.416 e. The van der Waals surface area contributed by atoms with Gasteiger partial charge in [-0.3, -0.25) is 0 Å². The molecule has 0 fully saturated rings. The minimum absolute atomic E-state index is 0.0226. The molecule has 1 nitrogen and oxygen atoms in total. The topological polar surface area (TPSA) is 26.0 Å². The van der Waals surface area contributed by atoms with E-state index in [9.17, 15) is 26.3 Å². The van der Waals surface area contributed by atoms with Crippen LogP contribution in [0.5, 0.6) is 0 Å². The van der Waals surface area contributed by atoms with Crippen LogP contribution in [0.3, 0.4) is 0 Å². The first-order valence-corrected chi connectivity index (χ1v) is 6.43. The molecule has 1 aromatic carbocycles. The molecule has 1 unspecified atom stereocenters. The molecular formula is C14H17F6N. The van der Waals surface area contributed by atoms with E-state index in [-0.39, 0.29) is 24.0 Å². The Bertz CT molecular complexity index is 443. The highest BCUT2D eigenvalue weighted by Gasteiger charge is 2.36. The summed E-state index contributed by atoms with van der Waals surface area (Å²) >= 11 is 0. The Hall–Kier alpha value is -1.24. The van der Waals surface area contributed by atoms with Crippen LogP contribution < -0.4 is 5.73 Å². The lowest BCUT2D eigenvalue weighted by molar-refractivity contribution is -0.143. The summed E-state index contributed by atoms with van der Waals surface area (Å²) in [5, 5.41) is 0. The SMILES string of the molecule is CC(C)CC(N)Cc1cc(C(F)(F)F)cc(C(F)(F)F)c1. The predicted octanol–water partition coefficient (Wildman–Crippen LogP) is 4.64. The molecule has 21 heavy (non-hydrogen) atoms. The van der Waals surface area contributed by atoms with Crippen molar-refractivity contribution in [3.63, 3.8) is 0 Å². The molecule has 2 N–H and O–H groups in total. The first-order valence-electron chi connectivity index (χ1n) is 6.43. The number of benzene rings is 1. The smallest absolute Gasteiger partial charge is 0.327 e. The average Bonchev–Trinajstić information content (AvgIpc) is 2.24. The zero-order valence-electron chi connectivity index (χ0n) is 11.6. The van der Waals surface area contributed by atoms with Crippen molar-refractivity contribution in [2.45, 2.75) is 45.1 Å². The van der Waals surface area contributed by atoms with Crippen LogP contribution in [0, 0.1) is 5.92 Å².